The van der Waals surface area contributed by atoms with Gasteiger partial charge in [0.25, 0.3) is 0 Å². The summed E-state index contributed by atoms with van der Waals surface area (Å²) in [5, 5.41) is 4.22. The van der Waals surface area contributed by atoms with Crippen LogP contribution in [-0.2, 0) is 0 Å². The van der Waals surface area contributed by atoms with Crippen molar-refractivity contribution in [2.45, 2.75) is 6.92 Å². The molecule has 1 aromatic carbocycles. The Morgan fingerprint density at radius 1 is 1.11 bits per heavy atom. The first-order valence-corrected chi connectivity index (χ1v) is 5.97. The van der Waals surface area contributed by atoms with Crippen molar-refractivity contribution in [1.82, 2.24) is 9.97 Å². The summed E-state index contributed by atoms with van der Waals surface area (Å²) >= 11 is 0. The Bertz CT molecular complexity index is 740. The summed E-state index contributed by atoms with van der Waals surface area (Å²) in [7, 11) is 0. The number of hydrogen-bond donors (Lipinski definition) is 1. The Morgan fingerprint density at radius 3 is 2.84 bits per heavy atom. The number of fused-ring (bicyclic) bond motifs is 1. The number of halogens is 1. The lowest BCUT2D eigenvalue weighted by molar-refractivity contribution is 0.584. The van der Waals surface area contributed by atoms with Crippen molar-refractivity contribution in [3.8, 4) is 0 Å². The topological polar surface area (TPSA) is 37.8 Å². The van der Waals surface area contributed by atoms with E-state index in [0.717, 1.165) is 22.3 Å². The van der Waals surface area contributed by atoms with E-state index in [4.69, 9.17) is 0 Å². The largest absolute Gasteiger partial charge is 0.354 e. The molecule has 3 rings (SSSR count). The number of anilines is 2. The number of aryl methyl sites for hydroxylation is 1. The normalized spacial score (nSPS) is 10.6. The fourth-order valence-electron chi connectivity index (χ4n) is 1.98. The number of benzene rings is 1. The van der Waals surface area contributed by atoms with Gasteiger partial charge in [-0.2, -0.15) is 4.39 Å². The maximum Gasteiger partial charge on any atom is 0.214 e. The van der Waals surface area contributed by atoms with E-state index in [2.05, 4.69) is 15.3 Å². The highest BCUT2D eigenvalue weighted by Gasteiger charge is 2.04. The summed E-state index contributed by atoms with van der Waals surface area (Å²) in [4.78, 5) is 8.06. The molecular weight excluding hydrogens is 241 g/mol. The second-order valence-electron chi connectivity index (χ2n) is 4.32. The van der Waals surface area contributed by atoms with Gasteiger partial charge in [-0.25, -0.2) is 4.98 Å². The molecule has 2 aromatic heterocycles. The van der Waals surface area contributed by atoms with Gasteiger partial charge in [0.05, 0.1) is 11.2 Å². The highest BCUT2D eigenvalue weighted by atomic mass is 19.1. The molecule has 19 heavy (non-hydrogen) atoms. The van der Waals surface area contributed by atoms with Crippen LogP contribution in [-0.4, -0.2) is 9.97 Å². The third kappa shape index (κ3) is 2.38. The summed E-state index contributed by atoms with van der Waals surface area (Å²) in [5.74, 6) is -0.505. The summed E-state index contributed by atoms with van der Waals surface area (Å²) < 4.78 is 13.1. The minimum atomic E-state index is -0.505. The van der Waals surface area contributed by atoms with Gasteiger partial charge in [0.2, 0.25) is 5.95 Å². The van der Waals surface area contributed by atoms with Gasteiger partial charge in [-0.3, -0.25) is 4.98 Å². The van der Waals surface area contributed by atoms with Crippen molar-refractivity contribution in [3.63, 3.8) is 0 Å². The number of hydrogen-bond acceptors (Lipinski definition) is 3. The van der Waals surface area contributed by atoms with Crippen molar-refractivity contribution >= 4 is 22.3 Å². The first kappa shape index (κ1) is 11.6. The molecule has 0 unspecified atom stereocenters. The summed E-state index contributed by atoms with van der Waals surface area (Å²) in [6.45, 7) is 1.95. The predicted molar refractivity (Wildman–Crippen MR) is 74.0 cm³/mol. The molecule has 0 radical (unpaired) electrons. The SMILES string of the molecule is Cc1ccc2cccc(Nc3ccnc(F)c3)c2n1. The van der Waals surface area contributed by atoms with E-state index in [1.807, 2.05) is 37.3 Å². The average Bonchev–Trinajstić information content (AvgIpc) is 2.39. The molecule has 0 fully saturated rings. The van der Waals surface area contributed by atoms with Gasteiger partial charge in [-0.1, -0.05) is 18.2 Å². The van der Waals surface area contributed by atoms with E-state index in [0.29, 0.717) is 5.69 Å². The molecule has 0 bridgehead atoms. The lowest BCUT2D eigenvalue weighted by Gasteiger charge is -2.09. The molecule has 0 aliphatic carbocycles. The molecule has 0 saturated carbocycles. The number of aromatic nitrogens is 2. The molecular formula is C15H12FN3. The molecule has 4 heteroatoms. The first-order chi connectivity index (χ1) is 9.22. The number of rotatable bonds is 2. The molecule has 0 aliphatic heterocycles. The maximum absolute atomic E-state index is 13.1. The third-order valence-corrected chi connectivity index (χ3v) is 2.87. The fourth-order valence-corrected chi connectivity index (χ4v) is 1.98. The van der Waals surface area contributed by atoms with E-state index < -0.39 is 5.95 Å². The summed E-state index contributed by atoms with van der Waals surface area (Å²) in [5.41, 5.74) is 3.33. The highest BCUT2D eigenvalue weighted by molar-refractivity contribution is 5.92. The quantitative estimate of drug-likeness (QED) is 0.705. The van der Waals surface area contributed by atoms with Crippen molar-refractivity contribution < 1.29 is 4.39 Å². The van der Waals surface area contributed by atoms with Crippen LogP contribution in [0.3, 0.4) is 0 Å². The van der Waals surface area contributed by atoms with Crippen LogP contribution in [0.15, 0.2) is 48.7 Å². The molecule has 3 aromatic rings. The fraction of sp³-hybridized carbons (Fsp3) is 0.0667. The number of nitrogens with zero attached hydrogens (tertiary/aromatic N) is 2. The zero-order valence-corrected chi connectivity index (χ0v) is 10.4. The average molecular weight is 253 g/mol. The van der Waals surface area contributed by atoms with Crippen molar-refractivity contribution in [2.75, 3.05) is 5.32 Å². The van der Waals surface area contributed by atoms with E-state index in [1.54, 1.807) is 6.07 Å². The molecule has 94 valence electrons. The Labute approximate surface area is 110 Å². The molecule has 0 saturated heterocycles. The van der Waals surface area contributed by atoms with Crippen LogP contribution in [0.25, 0.3) is 10.9 Å². The van der Waals surface area contributed by atoms with E-state index in [9.17, 15) is 4.39 Å². The van der Waals surface area contributed by atoms with Gasteiger partial charge < -0.3 is 5.32 Å². The van der Waals surface area contributed by atoms with E-state index in [-0.39, 0.29) is 0 Å². The minimum Gasteiger partial charge on any atom is -0.354 e. The second kappa shape index (κ2) is 4.65. The Morgan fingerprint density at radius 2 is 2.00 bits per heavy atom. The molecule has 0 atom stereocenters. The zero-order valence-electron chi connectivity index (χ0n) is 10.4. The summed E-state index contributed by atoms with van der Waals surface area (Å²) in [6, 6.07) is 12.9. The van der Waals surface area contributed by atoms with Crippen LogP contribution in [0, 0.1) is 12.9 Å². The van der Waals surface area contributed by atoms with Gasteiger partial charge >= 0.3 is 0 Å². The highest BCUT2D eigenvalue weighted by Crippen LogP contribution is 2.25. The lowest BCUT2D eigenvalue weighted by atomic mass is 10.1. The van der Waals surface area contributed by atoms with Crippen molar-refractivity contribution in [3.05, 3.63) is 60.3 Å². The van der Waals surface area contributed by atoms with Gasteiger partial charge in [0.15, 0.2) is 0 Å². The van der Waals surface area contributed by atoms with E-state index in [1.165, 1.54) is 12.3 Å². The van der Waals surface area contributed by atoms with Crippen LogP contribution in [0.5, 0.6) is 0 Å². The first-order valence-electron chi connectivity index (χ1n) is 5.97. The standard InChI is InChI=1S/C15H12FN3/c1-10-5-6-11-3-2-4-13(15(11)18-10)19-12-7-8-17-14(16)9-12/h2-9H,1H3,(H,17,19). The Kier molecular flexibility index (Phi) is 2.83. The number of nitrogens with one attached hydrogen (secondary N) is 1. The zero-order chi connectivity index (χ0) is 13.2. The lowest BCUT2D eigenvalue weighted by Crippen LogP contribution is -1.95. The summed E-state index contributed by atoms with van der Waals surface area (Å²) in [6.07, 6.45) is 1.43. The molecule has 0 amide bonds. The molecule has 2 heterocycles. The van der Waals surface area contributed by atoms with Crippen LogP contribution >= 0.6 is 0 Å². The molecule has 0 aliphatic rings. The molecule has 1 N–H and O–H groups in total. The number of para-hydroxylation sites is 1. The van der Waals surface area contributed by atoms with Crippen LogP contribution in [0.1, 0.15) is 5.69 Å². The van der Waals surface area contributed by atoms with Gasteiger partial charge in [0.1, 0.15) is 0 Å². The van der Waals surface area contributed by atoms with Crippen LogP contribution in [0.4, 0.5) is 15.8 Å². The van der Waals surface area contributed by atoms with Crippen LogP contribution < -0.4 is 5.32 Å². The Hall–Kier alpha value is -2.49. The monoisotopic (exact) mass is 253 g/mol. The molecule has 3 nitrogen and oxygen atoms in total. The smallest absolute Gasteiger partial charge is 0.214 e. The van der Waals surface area contributed by atoms with Gasteiger partial charge in [-0.05, 0) is 25.1 Å². The number of pyridine rings is 2. The van der Waals surface area contributed by atoms with E-state index >= 15 is 0 Å². The Balaban J connectivity index is 2.07. The maximum atomic E-state index is 13.1. The van der Waals surface area contributed by atoms with Gasteiger partial charge in [-0.15, -0.1) is 0 Å². The predicted octanol–water partition coefficient (Wildman–Crippen LogP) is 3.82. The molecule has 0 spiro atoms. The van der Waals surface area contributed by atoms with Gasteiger partial charge in [0, 0.05) is 29.0 Å². The minimum absolute atomic E-state index is 0.505. The second-order valence-corrected chi connectivity index (χ2v) is 4.32. The third-order valence-electron chi connectivity index (χ3n) is 2.87. The van der Waals surface area contributed by atoms with Crippen molar-refractivity contribution in [2.24, 2.45) is 0 Å². The van der Waals surface area contributed by atoms with Crippen LogP contribution in [0.2, 0.25) is 0 Å². The van der Waals surface area contributed by atoms with Crippen molar-refractivity contribution in [1.29, 1.82) is 0 Å².